The molecule has 158 valence electrons. The van der Waals surface area contributed by atoms with Gasteiger partial charge in [0.15, 0.2) is 5.03 Å². The second-order valence-corrected chi connectivity index (χ2v) is 9.55. The zero-order valence-corrected chi connectivity index (χ0v) is 18.2. The summed E-state index contributed by atoms with van der Waals surface area (Å²) in [4.78, 5) is 9.00. The van der Waals surface area contributed by atoms with Gasteiger partial charge in [-0.1, -0.05) is 29.8 Å². The highest BCUT2D eigenvalue weighted by Gasteiger charge is 2.18. The van der Waals surface area contributed by atoms with Gasteiger partial charge in [-0.25, -0.2) is 18.1 Å². The Bertz CT molecular complexity index is 1100. The molecule has 0 spiro atoms. The van der Waals surface area contributed by atoms with Crippen LogP contribution < -0.4 is 9.62 Å². The molecule has 0 unspecified atom stereocenters. The SMILES string of the molecule is O=S(=O)(NCCCN1CCN(c2ccc(Cl)cc2)CC1)c1ccc2ccccc2n1. The van der Waals surface area contributed by atoms with Gasteiger partial charge in [-0.05, 0) is 55.4 Å². The van der Waals surface area contributed by atoms with Crippen molar-refractivity contribution >= 4 is 38.2 Å². The van der Waals surface area contributed by atoms with Crippen molar-refractivity contribution in [3.05, 3.63) is 65.7 Å². The van der Waals surface area contributed by atoms with E-state index < -0.39 is 10.0 Å². The van der Waals surface area contributed by atoms with Crippen LogP contribution >= 0.6 is 11.6 Å². The van der Waals surface area contributed by atoms with Crippen molar-refractivity contribution in [1.29, 1.82) is 0 Å². The molecule has 1 aromatic heterocycles. The van der Waals surface area contributed by atoms with E-state index in [-0.39, 0.29) is 5.03 Å². The van der Waals surface area contributed by atoms with E-state index in [1.54, 1.807) is 12.1 Å². The molecule has 1 saturated heterocycles. The summed E-state index contributed by atoms with van der Waals surface area (Å²) < 4.78 is 27.8. The van der Waals surface area contributed by atoms with Gasteiger partial charge in [0.25, 0.3) is 10.0 Å². The first-order chi connectivity index (χ1) is 14.5. The number of fused-ring (bicyclic) bond motifs is 1. The van der Waals surface area contributed by atoms with E-state index in [2.05, 4.69) is 19.5 Å². The summed E-state index contributed by atoms with van der Waals surface area (Å²) in [5.41, 5.74) is 1.87. The van der Waals surface area contributed by atoms with Crippen molar-refractivity contribution < 1.29 is 8.42 Å². The fourth-order valence-corrected chi connectivity index (χ4v) is 4.81. The number of benzene rings is 2. The maximum Gasteiger partial charge on any atom is 0.258 e. The lowest BCUT2D eigenvalue weighted by molar-refractivity contribution is 0.255. The normalized spacial score (nSPS) is 15.6. The maximum absolute atomic E-state index is 12.5. The summed E-state index contributed by atoms with van der Waals surface area (Å²) in [7, 11) is -3.60. The Morgan fingerprint density at radius 2 is 1.67 bits per heavy atom. The van der Waals surface area contributed by atoms with Gasteiger partial charge in [0.2, 0.25) is 0 Å². The minimum Gasteiger partial charge on any atom is -0.369 e. The molecule has 1 N–H and O–H groups in total. The van der Waals surface area contributed by atoms with Crippen LogP contribution in [0.25, 0.3) is 10.9 Å². The van der Waals surface area contributed by atoms with E-state index >= 15 is 0 Å². The number of anilines is 1. The molecule has 1 aliphatic rings. The molecule has 3 aromatic rings. The van der Waals surface area contributed by atoms with Gasteiger partial charge in [0.05, 0.1) is 5.52 Å². The molecule has 0 aliphatic carbocycles. The number of hydrogen-bond donors (Lipinski definition) is 1. The molecule has 0 bridgehead atoms. The summed E-state index contributed by atoms with van der Waals surface area (Å²) >= 11 is 5.96. The molecule has 2 aromatic carbocycles. The zero-order chi connectivity index (χ0) is 21.0. The van der Waals surface area contributed by atoms with Gasteiger partial charge < -0.3 is 4.90 Å². The quantitative estimate of drug-likeness (QED) is 0.566. The Morgan fingerprint density at radius 1 is 0.933 bits per heavy atom. The molecular weight excluding hydrogens is 420 g/mol. The Morgan fingerprint density at radius 3 is 2.43 bits per heavy atom. The molecule has 0 saturated carbocycles. The van der Waals surface area contributed by atoms with Crippen molar-refractivity contribution in [2.75, 3.05) is 44.2 Å². The number of hydrogen-bond acceptors (Lipinski definition) is 5. The predicted molar refractivity (Wildman–Crippen MR) is 122 cm³/mol. The maximum atomic E-state index is 12.5. The van der Waals surface area contributed by atoms with Crippen LogP contribution in [0.15, 0.2) is 65.7 Å². The highest BCUT2D eigenvalue weighted by Crippen LogP contribution is 2.19. The van der Waals surface area contributed by atoms with Crippen LogP contribution in [0.3, 0.4) is 0 Å². The average molecular weight is 445 g/mol. The monoisotopic (exact) mass is 444 g/mol. The molecule has 4 rings (SSSR count). The minimum atomic E-state index is -3.60. The lowest BCUT2D eigenvalue weighted by Gasteiger charge is -2.36. The van der Waals surface area contributed by atoms with Gasteiger partial charge >= 0.3 is 0 Å². The van der Waals surface area contributed by atoms with E-state index in [9.17, 15) is 8.42 Å². The molecule has 6 nitrogen and oxygen atoms in total. The van der Waals surface area contributed by atoms with E-state index in [1.807, 2.05) is 48.5 Å². The van der Waals surface area contributed by atoms with E-state index in [0.29, 0.717) is 12.1 Å². The second-order valence-electron chi connectivity index (χ2n) is 7.40. The first-order valence-corrected chi connectivity index (χ1v) is 12.0. The van der Waals surface area contributed by atoms with Crippen LogP contribution in [0, 0.1) is 0 Å². The second kappa shape index (κ2) is 9.31. The molecule has 1 fully saturated rings. The minimum absolute atomic E-state index is 0.0674. The first kappa shape index (κ1) is 21.1. The van der Waals surface area contributed by atoms with Crippen molar-refractivity contribution in [2.45, 2.75) is 11.4 Å². The fourth-order valence-electron chi connectivity index (χ4n) is 3.66. The number of rotatable bonds is 7. The highest BCUT2D eigenvalue weighted by atomic mass is 35.5. The smallest absolute Gasteiger partial charge is 0.258 e. The number of aromatic nitrogens is 1. The summed E-state index contributed by atoms with van der Waals surface area (Å²) in [5.74, 6) is 0. The Balaban J connectivity index is 1.23. The lowest BCUT2D eigenvalue weighted by atomic mass is 10.2. The number of halogens is 1. The van der Waals surface area contributed by atoms with Crippen LogP contribution in [-0.2, 0) is 10.0 Å². The van der Waals surface area contributed by atoms with Crippen LogP contribution in [0.4, 0.5) is 5.69 Å². The summed E-state index contributed by atoms with van der Waals surface area (Å²) in [6.45, 7) is 5.09. The standard InChI is InChI=1S/C22H25ClN4O2S/c23-19-7-9-20(10-8-19)27-16-14-26(15-17-27)13-3-12-24-30(28,29)22-11-6-18-4-1-2-5-21(18)25-22/h1-2,4-11,24H,3,12-17H2. The molecule has 0 atom stereocenters. The van der Waals surface area contributed by atoms with Gasteiger partial charge in [-0.3, -0.25) is 4.90 Å². The van der Waals surface area contributed by atoms with Gasteiger partial charge in [0.1, 0.15) is 0 Å². The largest absolute Gasteiger partial charge is 0.369 e. The van der Waals surface area contributed by atoms with Crippen LogP contribution in [0.2, 0.25) is 5.02 Å². The molecular formula is C22H25ClN4O2S. The highest BCUT2D eigenvalue weighted by molar-refractivity contribution is 7.89. The number of sulfonamides is 1. The Kier molecular flexibility index (Phi) is 6.53. The Labute approximate surface area is 182 Å². The van der Waals surface area contributed by atoms with Crippen LogP contribution in [0.1, 0.15) is 6.42 Å². The fraction of sp³-hybridized carbons (Fsp3) is 0.318. The first-order valence-electron chi connectivity index (χ1n) is 10.1. The van der Waals surface area contributed by atoms with Crippen molar-refractivity contribution in [2.24, 2.45) is 0 Å². The molecule has 2 heterocycles. The lowest BCUT2D eigenvalue weighted by Crippen LogP contribution is -2.47. The van der Waals surface area contributed by atoms with Crippen LogP contribution in [-0.4, -0.2) is 57.6 Å². The summed E-state index contributed by atoms with van der Waals surface area (Å²) in [6, 6.07) is 18.8. The molecule has 0 amide bonds. The topological polar surface area (TPSA) is 65.5 Å². The van der Waals surface area contributed by atoms with E-state index in [4.69, 9.17) is 11.6 Å². The van der Waals surface area contributed by atoms with Gasteiger partial charge in [-0.15, -0.1) is 0 Å². The summed E-state index contributed by atoms with van der Waals surface area (Å²) in [6.07, 6.45) is 0.758. The molecule has 8 heteroatoms. The summed E-state index contributed by atoms with van der Waals surface area (Å²) in [5, 5.41) is 1.74. The molecule has 1 aliphatic heterocycles. The van der Waals surface area contributed by atoms with Crippen molar-refractivity contribution in [1.82, 2.24) is 14.6 Å². The predicted octanol–water partition coefficient (Wildman–Crippen LogP) is 3.38. The number of piperazine rings is 1. The molecule has 30 heavy (non-hydrogen) atoms. The third kappa shape index (κ3) is 5.10. The number of nitrogens with one attached hydrogen (secondary N) is 1. The number of para-hydroxylation sites is 1. The number of nitrogens with zero attached hydrogens (tertiary/aromatic N) is 3. The van der Waals surface area contributed by atoms with E-state index in [1.165, 1.54) is 5.69 Å². The van der Waals surface area contributed by atoms with Gasteiger partial charge in [0, 0.05) is 48.8 Å². The Hall–Kier alpha value is -2.19. The third-order valence-electron chi connectivity index (χ3n) is 5.36. The molecule has 0 radical (unpaired) electrons. The third-order valence-corrected chi connectivity index (χ3v) is 6.97. The van der Waals surface area contributed by atoms with Crippen molar-refractivity contribution in [3.8, 4) is 0 Å². The average Bonchev–Trinajstić information content (AvgIpc) is 2.77. The number of pyridine rings is 1. The van der Waals surface area contributed by atoms with Gasteiger partial charge in [-0.2, -0.15) is 0 Å². The van der Waals surface area contributed by atoms with Crippen molar-refractivity contribution in [3.63, 3.8) is 0 Å². The zero-order valence-electron chi connectivity index (χ0n) is 16.7. The van der Waals surface area contributed by atoms with E-state index in [0.717, 1.165) is 49.6 Å². The van der Waals surface area contributed by atoms with Crippen LogP contribution in [0.5, 0.6) is 0 Å².